The van der Waals surface area contributed by atoms with Crippen molar-refractivity contribution in [1.82, 2.24) is 0 Å². The van der Waals surface area contributed by atoms with Crippen molar-refractivity contribution >= 4 is 17.5 Å². The Morgan fingerprint density at radius 3 is 2.32 bits per heavy atom. The molecule has 0 rings (SSSR count). The van der Waals surface area contributed by atoms with Crippen molar-refractivity contribution in [3.05, 3.63) is 48.1 Å². The Hall–Kier alpha value is -2.47. The minimum Gasteiger partial charge on any atom is -0.383 e. The van der Waals surface area contributed by atoms with Crippen LogP contribution in [-0.2, 0) is 4.79 Å². The smallest absolute Gasteiger partial charge is 0.252 e. The lowest BCUT2D eigenvalue weighted by molar-refractivity contribution is -0.114. The zero-order valence-electron chi connectivity index (χ0n) is 13.6. The van der Waals surface area contributed by atoms with Crippen molar-refractivity contribution in [3.63, 3.8) is 0 Å². The number of aliphatic imine (C=N–C) groups is 1. The van der Waals surface area contributed by atoms with Gasteiger partial charge in [0.05, 0.1) is 17.8 Å². The summed E-state index contributed by atoms with van der Waals surface area (Å²) in [5.74, 6) is -0.774. The number of carbonyl (C=O) groups excluding carboxylic acids is 1. The molecule has 0 fully saturated rings. The fraction of sp³-hybridized carbons (Fsp3) is 0.312. The van der Waals surface area contributed by atoms with Gasteiger partial charge in [-0.1, -0.05) is 44.7 Å². The first-order valence-electron chi connectivity index (χ1n) is 7.04. The van der Waals surface area contributed by atoms with E-state index in [2.05, 4.69) is 11.6 Å². The highest BCUT2D eigenvalue weighted by atomic mass is 16.1. The molecule has 0 unspecified atom stereocenters. The monoisotopic (exact) mass is 305 g/mol. The second-order valence-corrected chi connectivity index (χ2v) is 3.74. The highest BCUT2D eigenvalue weighted by molar-refractivity contribution is 6.25. The van der Waals surface area contributed by atoms with Crippen molar-refractivity contribution in [2.45, 2.75) is 20.8 Å². The van der Waals surface area contributed by atoms with Gasteiger partial charge >= 0.3 is 0 Å². The summed E-state index contributed by atoms with van der Waals surface area (Å²) >= 11 is 0. The Labute approximate surface area is 132 Å². The summed E-state index contributed by atoms with van der Waals surface area (Å²) in [6, 6.07) is 0. The highest BCUT2D eigenvalue weighted by Gasteiger charge is 2.11. The number of hydrogen-bond acceptors (Lipinski definition) is 4. The average molecular weight is 305 g/mol. The summed E-state index contributed by atoms with van der Waals surface area (Å²) in [4.78, 5) is 15.3. The van der Waals surface area contributed by atoms with E-state index in [1.807, 2.05) is 26.8 Å². The number of primary amides is 1. The molecule has 7 N–H and O–H groups in total. The number of carbonyl (C=O) groups is 1. The lowest BCUT2D eigenvalue weighted by atomic mass is 10.1. The first-order chi connectivity index (χ1) is 10.5. The predicted molar refractivity (Wildman–Crippen MR) is 95.0 cm³/mol. The molecule has 0 aromatic heterocycles. The van der Waals surface area contributed by atoms with Gasteiger partial charge in [-0.3, -0.25) is 9.79 Å². The minimum absolute atomic E-state index is 0.0170. The molecular formula is C16H27N5O. The van der Waals surface area contributed by atoms with Crippen LogP contribution in [0.1, 0.15) is 20.8 Å². The number of hydrogen-bond donors (Lipinski definition) is 4. The summed E-state index contributed by atoms with van der Waals surface area (Å²) in [6.07, 6.45) is 8.04. The van der Waals surface area contributed by atoms with Crippen molar-refractivity contribution in [2.75, 3.05) is 13.1 Å². The summed E-state index contributed by atoms with van der Waals surface area (Å²) < 4.78 is 0. The SMILES string of the molecule is C=C/C(=C\C=C/C)C(=N)/C=C(/C(N)=O)C(N)=NCCN.CC. The molecule has 0 aromatic carbocycles. The van der Waals surface area contributed by atoms with Crippen LogP contribution >= 0.6 is 0 Å². The molecule has 0 atom stereocenters. The van der Waals surface area contributed by atoms with Crippen molar-refractivity contribution < 1.29 is 4.79 Å². The van der Waals surface area contributed by atoms with Crippen LogP contribution in [0.4, 0.5) is 0 Å². The van der Waals surface area contributed by atoms with E-state index in [9.17, 15) is 4.79 Å². The maximum Gasteiger partial charge on any atom is 0.252 e. The molecule has 0 aliphatic carbocycles. The van der Waals surface area contributed by atoms with Gasteiger partial charge in [-0.05, 0) is 18.6 Å². The fourth-order valence-corrected chi connectivity index (χ4v) is 1.24. The van der Waals surface area contributed by atoms with E-state index in [4.69, 9.17) is 22.6 Å². The topological polar surface area (TPSA) is 131 Å². The van der Waals surface area contributed by atoms with Gasteiger partial charge in [-0.15, -0.1) is 0 Å². The largest absolute Gasteiger partial charge is 0.383 e. The van der Waals surface area contributed by atoms with E-state index >= 15 is 0 Å². The van der Waals surface area contributed by atoms with E-state index < -0.39 is 5.91 Å². The maximum atomic E-state index is 11.4. The highest BCUT2D eigenvalue weighted by Crippen LogP contribution is 2.04. The third-order valence-electron chi connectivity index (χ3n) is 2.24. The van der Waals surface area contributed by atoms with Crippen LogP contribution in [-0.4, -0.2) is 30.5 Å². The van der Waals surface area contributed by atoms with E-state index in [1.165, 1.54) is 12.2 Å². The summed E-state index contributed by atoms with van der Waals surface area (Å²) in [5.41, 5.74) is 16.8. The van der Waals surface area contributed by atoms with Gasteiger partial charge in [0, 0.05) is 6.54 Å². The van der Waals surface area contributed by atoms with Gasteiger partial charge in [0.1, 0.15) is 5.84 Å². The Balaban J connectivity index is 0. The van der Waals surface area contributed by atoms with Crippen LogP contribution in [0.5, 0.6) is 0 Å². The maximum absolute atomic E-state index is 11.4. The summed E-state index contributed by atoms with van der Waals surface area (Å²) in [7, 11) is 0. The first-order valence-corrected chi connectivity index (χ1v) is 7.04. The lowest BCUT2D eigenvalue weighted by Gasteiger charge is -2.05. The average Bonchev–Trinajstić information content (AvgIpc) is 2.52. The second kappa shape index (κ2) is 13.5. The van der Waals surface area contributed by atoms with E-state index in [0.717, 1.165) is 0 Å². The Morgan fingerprint density at radius 1 is 1.32 bits per heavy atom. The molecule has 0 aromatic rings. The number of allylic oxidation sites excluding steroid dienone is 6. The van der Waals surface area contributed by atoms with Crippen LogP contribution < -0.4 is 17.2 Å². The first kappa shape index (κ1) is 21.8. The lowest BCUT2D eigenvalue weighted by Crippen LogP contribution is -2.28. The third kappa shape index (κ3) is 8.65. The molecule has 0 spiro atoms. The fourth-order valence-electron chi connectivity index (χ4n) is 1.24. The molecule has 0 saturated heterocycles. The molecule has 0 bridgehead atoms. The molecule has 1 amide bonds. The predicted octanol–water partition coefficient (Wildman–Crippen LogP) is 1.45. The number of amides is 1. The van der Waals surface area contributed by atoms with Gasteiger partial charge in [-0.2, -0.15) is 0 Å². The molecule has 22 heavy (non-hydrogen) atoms. The Morgan fingerprint density at radius 2 is 1.91 bits per heavy atom. The molecule has 122 valence electrons. The van der Waals surface area contributed by atoms with Crippen LogP contribution in [0.3, 0.4) is 0 Å². The molecule has 0 aliphatic rings. The van der Waals surface area contributed by atoms with Crippen LogP contribution in [0, 0.1) is 5.41 Å². The quantitative estimate of drug-likeness (QED) is 0.234. The summed E-state index contributed by atoms with van der Waals surface area (Å²) in [5, 5.41) is 7.93. The number of nitrogens with two attached hydrogens (primary N) is 3. The van der Waals surface area contributed by atoms with Gasteiger partial charge < -0.3 is 22.6 Å². The molecule has 0 saturated carbocycles. The van der Waals surface area contributed by atoms with Crippen molar-refractivity contribution in [3.8, 4) is 0 Å². The van der Waals surface area contributed by atoms with Crippen LogP contribution in [0.25, 0.3) is 0 Å². The Kier molecular flexibility index (Phi) is 13.4. The number of amidine groups is 1. The number of nitrogens with zero attached hydrogens (tertiary/aromatic N) is 1. The van der Waals surface area contributed by atoms with Gasteiger partial charge in [0.2, 0.25) is 0 Å². The number of rotatable bonds is 8. The van der Waals surface area contributed by atoms with E-state index in [0.29, 0.717) is 12.1 Å². The molecule has 0 aliphatic heterocycles. The van der Waals surface area contributed by atoms with E-state index in [1.54, 1.807) is 12.2 Å². The van der Waals surface area contributed by atoms with Crippen LogP contribution in [0.2, 0.25) is 0 Å². The zero-order chi connectivity index (χ0) is 17.5. The molecule has 6 heteroatoms. The van der Waals surface area contributed by atoms with Crippen LogP contribution in [0.15, 0.2) is 53.1 Å². The third-order valence-corrected chi connectivity index (χ3v) is 2.24. The number of nitrogens with one attached hydrogen (secondary N) is 1. The second-order valence-electron chi connectivity index (χ2n) is 3.74. The zero-order valence-corrected chi connectivity index (χ0v) is 13.6. The minimum atomic E-state index is -0.748. The molecule has 0 heterocycles. The standard InChI is InChI=1S/C14H21N5O.C2H6/c1-3-5-6-10(4-2)12(16)9-11(14(18)20)13(17)19-8-7-15;1-2/h3-6,9,16H,2,7-8,15H2,1H3,(H2,17,19)(H2,18,20);1-2H3/b5-3-,10-6+,11-9+,16-12?;. The van der Waals surface area contributed by atoms with Crippen molar-refractivity contribution in [2.24, 2.45) is 22.2 Å². The van der Waals surface area contributed by atoms with E-state index in [-0.39, 0.29) is 23.7 Å². The Bertz CT molecular complexity index is 499. The summed E-state index contributed by atoms with van der Waals surface area (Å²) in [6.45, 7) is 10.1. The normalized spacial score (nSPS) is 12.6. The molecular weight excluding hydrogens is 278 g/mol. The van der Waals surface area contributed by atoms with Gasteiger partial charge in [0.15, 0.2) is 0 Å². The molecule has 6 nitrogen and oxygen atoms in total. The van der Waals surface area contributed by atoms with Gasteiger partial charge in [0.25, 0.3) is 5.91 Å². The van der Waals surface area contributed by atoms with Crippen molar-refractivity contribution in [1.29, 1.82) is 5.41 Å². The van der Waals surface area contributed by atoms with Gasteiger partial charge in [-0.25, -0.2) is 0 Å². The molecule has 0 radical (unpaired) electrons.